The molecule has 2 aromatic rings. The molecular weight excluding hydrogens is 301 g/mol. The van der Waals surface area contributed by atoms with E-state index in [2.05, 4.69) is 20.7 Å². The van der Waals surface area contributed by atoms with Crippen molar-refractivity contribution in [1.82, 2.24) is 25.6 Å². The van der Waals surface area contributed by atoms with Crippen molar-refractivity contribution < 1.29 is 13.7 Å². The Kier molecular flexibility index (Phi) is 4.42. The Labute approximate surface area is 133 Å². The second kappa shape index (κ2) is 6.49. The third-order valence-electron chi connectivity index (χ3n) is 4.26. The minimum absolute atomic E-state index is 0.0504. The van der Waals surface area contributed by atoms with Gasteiger partial charge in [-0.15, -0.1) is 0 Å². The van der Waals surface area contributed by atoms with Crippen LogP contribution in [-0.4, -0.2) is 51.5 Å². The van der Waals surface area contributed by atoms with Gasteiger partial charge in [0.2, 0.25) is 0 Å². The molecule has 1 saturated heterocycles. The summed E-state index contributed by atoms with van der Waals surface area (Å²) >= 11 is 0. The minimum Gasteiger partial charge on any atom is -0.361 e. The number of rotatable bonds is 5. The van der Waals surface area contributed by atoms with Gasteiger partial charge in [0.15, 0.2) is 0 Å². The van der Waals surface area contributed by atoms with E-state index in [0.717, 1.165) is 17.0 Å². The number of nitrogens with zero attached hydrogens (tertiary/aromatic N) is 3. The summed E-state index contributed by atoms with van der Waals surface area (Å²) in [5, 5.41) is 13.1. The van der Waals surface area contributed by atoms with Crippen LogP contribution >= 0.6 is 0 Å². The molecule has 3 heterocycles. The number of aryl methyl sites for hydroxylation is 2. The van der Waals surface area contributed by atoms with Crippen molar-refractivity contribution in [2.75, 3.05) is 13.1 Å². The molecule has 0 radical (unpaired) electrons. The third kappa shape index (κ3) is 3.42. The number of alkyl halides is 1. The van der Waals surface area contributed by atoms with Gasteiger partial charge in [0.1, 0.15) is 17.6 Å². The van der Waals surface area contributed by atoms with Gasteiger partial charge in [0.25, 0.3) is 5.91 Å². The van der Waals surface area contributed by atoms with Gasteiger partial charge in [0.05, 0.1) is 5.69 Å². The maximum absolute atomic E-state index is 13.8. The van der Waals surface area contributed by atoms with Crippen LogP contribution in [0.25, 0.3) is 0 Å². The summed E-state index contributed by atoms with van der Waals surface area (Å²) < 4.78 is 19.0. The lowest BCUT2D eigenvalue weighted by Gasteiger charge is -2.24. The molecule has 3 rings (SSSR count). The largest absolute Gasteiger partial charge is 0.361 e. The second-order valence-corrected chi connectivity index (χ2v) is 5.90. The van der Waals surface area contributed by atoms with E-state index in [1.54, 1.807) is 6.07 Å². The number of hydrogen-bond donors (Lipinski definition) is 2. The Hall–Kier alpha value is -2.22. The van der Waals surface area contributed by atoms with E-state index in [4.69, 9.17) is 4.52 Å². The van der Waals surface area contributed by atoms with Crippen LogP contribution in [0, 0.1) is 13.8 Å². The van der Waals surface area contributed by atoms with E-state index >= 15 is 0 Å². The lowest BCUT2D eigenvalue weighted by atomic mass is 10.1. The van der Waals surface area contributed by atoms with Gasteiger partial charge in [-0.1, -0.05) is 5.16 Å². The monoisotopic (exact) mass is 321 g/mol. The van der Waals surface area contributed by atoms with E-state index in [0.29, 0.717) is 31.7 Å². The quantitative estimate of drug-likeness (QED) is 0.868. The van der Waals surface area contributed by atoms with Crippen LogP contribution in [0.5, 0.6) is 0 Å². The van der Waals surface area contributed by atoms with Crippen LogP contribution in [0.4, 0.5) is 4.39 Å². The van der Waals surface area contributed by atoms with Crippen molar-refractivity contribution >= 4 is 5.91 Å². The van der Waals surface area contributed by atoms with Crippen LogP contribution < -0.4 is 5.32 Å². The van der Waals surface area contributed by atoms with Gasteiger partial charge in [-0.05, 0) is 26.3 Å². The standard InChI is InChI=1S/C15H20FN5O2/c1-9-13(10(2)23-20-9)8-21-7-11(16)5-12(21)6-17-15(22)14-3-4-18-19-14/h3-4,11-12H,5-8H2,1-2H3,(H,17,22)(H,18,19)/t11-,12-/m0/s1. The summed E-state index contributed by atoms with van der Waals surface area (Å²) in [6.45, 7) is 5.06. The first-order valence-electron chi connectivity index (χ1n) is 7.62. The normalized spacial score (nSPS) is 21.7. The number of likely N-dealkylation sites (tertiary alicyclic amines) is 1. The van der Waals surface area contributed by atoms with Crippen molar-refractivity contribution in [3.8, 4) is 0 Å². The smallest absolute Gasteiger partial charge is 0.269 e. The highest BCUT2D eigenvalue weighted by molar-refractivity contribution is 5.92. The molecule has 2 N–H and O–H groups in total. The first kappa shape index (κ1) is 15.7. The summed E-state index contributed by atoms with van der Waals surface area (Å²) in [4.78, 5) is 14.0. The molecule has 8 heteroatoms. The number of hydrogen-bond acceptors (Lipinski definition) is 5. The molecule has 2 aromatic heterocycles. The zero-order valence-corrected chi connectivity index (χ0v) is 13.2. The van der Waals surface area contributed by atoms with Crippen molar-refractivity contribution in [1.29, 1.82) is 0 Å². The molecule has 7 nitrogen and oxygen atoms in total. The van der Waals surface area contributed by atoms with Crippen LogP contribution in [-0.2, 0) is 6.54 Å². The lowest BCUT2D eigenvalue weighted by Crippen LogP contribution is -2.40. The molecule has 1 amide bonds. The van der Waals surface area contributed by atoms with Crippen molar-refractivity contribution in [2.45, 2.75) is 39.0 Å². The van der Waals surface area contributed by atoms with E-state index < -0.39 is 6.17 Å². The van der Waals surface area contributed by atoms with E-state index in [1.165, 1.54) is 6.20 Å². The predicted molar refractivity (Wildman–Crippen MR) is 80.6 cm³/mol. The van der Waals surface area contributed by atoms with E-state index in [1.807, 2.05) is 18.7 Å². The molecule has 2 atom stereocenters. The topological polar surface area (TPSA) is 87.1 Å². The number of nitrogens with one attached hydrogen (secondary N) is 2. The summed E-state index contributed by atoms with van der Waals surface area (Å²) in [5.74, 6) is 0.521. The highest BCUT2D eigenvalue weighted by atomic mass is 19.1. The van der Waals surface area contributed by atoms with Crippen LogP contribution in [0.3, 0.4) is 0 Å². The number of H-pyrrole nitrogens is 1. The minimum atomic E-state index is -0.885. The summed E-state index contributed by atoms with van der Waals surface area (Å²) in [6.07, 6.45) is 1.04. The Morgan fingerprint density at radius 2 is 2.39 bits per heavy atom. The molecule has 0 aliphatic carbocycles. The van der Waals surface area contributed by atoms with Crippen molar-refractivity contribution in [3.05, 3.63) is 35.0 Å². The number of carbonyl (C=O) groups excluding carboxylic acids is 1. The lowest BCUT2D eigenvalue weighted by molar-refractivity contribution is 0.0934. The summed E-state index contributed by atoms with van der Waals surface area (Å²) in [5.41, 5.74) is 2.21. The van der Waals surface area contributed by atoms with Gasteiger partial charge in [-0.3, -0.25) is 14.8 Å². The zero-order valence-electron chi connectivity index (χ0n) is 13.2. The highest BCUT2D eigenvalue weighted by Gasteiger charge is 2.33. The first-order valence-corrected chi connectivity index (χ1v) is 7.62. The number of aromatic amines is 1. The molecule has 0 saturated carbocycles. The average molecular weight is 321 g/mol. The average Bonchev–Trinajstić information content (AvgIpc) is 3.23. The van der Waals surface area contributed by atoms with Gasteiger partial charge in [-0.2, -0.15) is 5.10 Å². The molecule has 0 aromatic carbocycles. The van der Waals surface area contributed by atoms with Gasteiger partial charge in [0, 0.05) is 37.4 Å². The van der Waals surface area contributed by atoms with Gasteiger partial charge in [-0.25, -0.2) is 4.39 Å². The van der Waals surface area contributed by atoms with Gasteiger partial charge < -0.3 is 9.84 Å². The Balaban J connectivity index is 1.62. The van der Waals surface area contributed by atoms with Gasteiger partial charge >= 0.3 is 0 Å². The maximum Gasteiger partial charge on any atom is 0.269 e. The summed E-state index contributed by atoms with van der Waals surface area (Å²) in [7, 11) is 0. The van der Waals surface area contributed by atoms with Crippen LogP contribution in [0.15, 0.2) is 16.8 Å². The zero-order chi connectivity index (χ0) is 16.4. The van der Waals surface area contributed by atoms with E-state index in [-0.39, 0.29) is 11.9 Å². The van der Waals surface area contributed by atoms with Crippen molar-refractivity contribution in [3.63, 3.8) is 0 Å². The summed E-state index contributed by atoms with van der Waals surface area (Å²) in [6, 6.07) is 1.55. The molecular formula is C15H20FN5O2. The maximum atomic E-state index is 13.8. The molecule has 0 unspecified atom stereocenters. The molecule has 1 aliphatic heterocycles. The fourth-order valence-corrected chi connectivity index (χ4v) is 2.95. The van der Waals surface area contributed by atoms with E-state index in [9.17, 15) is 9.18 Å². The number of aromatic nitrogens is 3. The SMILES string of the molecule is Cc1noc(C)c1CN1C[C@@H](F)C[C@H]1CNC(=O)c1ccn[nH]1. The predicted octanol–water partition coefficient (Wildman–Crippen LogP) is 1.36. The molecule has 1 fully saturated rings. The molecule has 1 aliphatic rings. The van der Waals surface area contributed by atoms with Crippen LogP contribution in [0.1, 0.15) is 33.9 Å². The molecule has 23 heavy (non-hydrogen) atoms. The Morgan fingerprint density at radius 3 is 3.04 bits per heavy atom. The van der Waals surface area contributed by atoms with Crippen molar-refractivity contribution in [2.24, 2.45) is 0 Å². The number of amides is 1. The molecule has 124 valence electrons. The fourth-order valence-electron chi connectivity index (χ4n) is 2.95. The first-order chi connectivity index (χ1) is 11.0. The third-order valence-corrected chi connectivity index (χ3v) is 4.26. The Bertz CT molecular complexity index is 650. The molecule has 0 bridgehead atoms. The number of carbonyl (C=O) groups is 1. The highest BCUT2D eigenvalue weighted by Crippen LogP contribution is 2.24. The van der Waals surface area contributed by atoms with Crippen LogP contribution in [0.2, 0.25) is 0 Å². The Morgan fingerprint density at radius 1 is 1.57 bits per heavy atom. The number of halogens is 1. The fraction of sp³-hybridized carbons (Fsp3) is 0.533. The molecule has 0 spiro atoms. The second-order valence-electron chi connectivity index (χ2n) is 5.90.